The maximum absolute atomic E-state index is 9.62. The molecule has 1 heterocycles. The zero-order valence-electron chi connectivity index (χ0n) is 17.5. The minimum Gasteiger partial charge on any atom is -0.401 e. The lowest BCUT2D eigenvalue weighted by molar-refractivity contribution is -0.188. The summed E-state index contributed by atoms with van der Waals surface area (Å²) in [5.41, 5.74) is 17.6. The Kier molecular flexibility index (Phi) is 6.51. The lowest BCUT2D eigenvalue weighted by Gasteiger charge is -2.54. The summed E-state index contributed by atoms with van der Waals surface area (Å²) >= 11 is 0. The highest BCUT2D eigenvalue weighted by Gasteiger charge is 2.62. The topological polar surface area (TPSA) is 116 Å². The molecule has 30 heavy (non-hydrogen) atoms. The largest absolute Gasteiger partial charge is 0.401 e. The van der Waals surface area contributed by atoms with Gasteiger partial charge in [0.2, 0.25) is 0 Å². The molecule has 0 aromatic heterocycles. The maximum Gasteiger partial charge on any atom is 0.191 e. The molecule has 8 nitrogen and oxygen atoms in total. The van der Waals surface area contributed by atoms with E-state index >= 15 is 0 Å². The van der Waals surface area contributed by atoms with Gasteiger partial charge >= 0.3 is 0 Å². The van der Waals surface area contributed by atoms with Gasteiger partial charge in [0, 0.05) is 16.4 Å². The van der Waals surface area contributed by atoms with Crippen molar-refractivity contribution in [2.24, 2.45) is 10.2 Å². The van der Waals surface area contributed by atoms with E-state index in [4.69, 9.17) is 9.16 Å². The van der Waals surface area contributed by atoms with E-state index in [0.717, 1.165) is 11.1 Å². The van der Waals surface area contributed by atoms with E-state index < -0.39 is 25.7 Å². The summed E-state index contributed by atoms with van der Waals surface area (Å²) in [6, 6.07) is 18.5. The van der Waals surface area contributed by atoms with Gasteiger partial charge in [-0.3, -0.25) is 0 Å². The van der Waals surface area contributed by atoms with Crippen molar-refractivity contribution in [2.45, 2.75) is 49.9 Å². The van der Waals surface area contributed by atoms with E-state index in [1.807, 2.05) is 60.7 Å². The Balaban J connectivity index is 2.47. The molecule has 0 amide bonds. The minimum atomic E-state index is -2.27. The van der Waals surface area contributed by atoms with Crippen molar-refractivity contribution in [1.29, 1.82) is 0 Å². The van der Waals surface area contributed by atoms with Crippen LogP contribution in [-0.4, -0.2) is 26.7 Å². The van der Waals surface area contributed by atoms with E-state index in [-0.39, 0.29) is 0 Å². The SMILES string of the molecule is C[Si](C)(C)OC(c1ccccc1)(c1ccccc1)[C@]1(N=[N+]=[N-])OCCC[C@@H]1N=[N+]=[N-]. The average molecular weight is 423 g/mol. The van der Waals surface area contributed by atoms with Crippen molar-refractivity contribution in [1.82, 2.24) is 0 Å². The normalized spacial score (nSPS) is 21.9. The first kappa shape index (κ1) is 21.9. The number of benzene rings is 2. The van der Waals surface area contributed by atoms with Crippen LogP contribution in [0.3, 0.4) is 0 Å². The molecule has 0 N–H and O–H groups in total. The van der Waals surface area contributed by atoms with Crippen molar-refractivity contribution in [2.75, 3.05) is 6.61 Å². The van der Waals surface area contributed by atoms with Gasteiger partial charge in [-0.25, -0.2) is 0 Å². The predicted molar refractivity (Wildman–Crippen MR) is 118 cm³/mol. The highest BCUT2D eigenvalue weighted by molar-refractivity contribution is 6.69. The molecule has 0 radical (unpaired) electrons. The van der Waals surface area contributed by atoms with Gasteiger partial charge in [0.15, 0.2) is 14.0 Å². The molecular weight excluding hydrogens is 396 g/mol. The highest BCUT2D eigenvalue weighted by Crippen LogP contribution is 2.52. The molecular formula is C21H26N6O2Si. The lowest BCUT2D eigenvalue weighted by Crippen LogP contribution is -2.64. The van der Waals surface area contributed by atoms with Crippen molar-refractivity contribution in [3.05, 3.63) is 92.7 Å². The van der Waals surface area contributed by atoms with Crippen LogP contribution in [0.15, 0.2) is 70.9 Å². The third-order valence-electron chi connectivity index (χ3n) is 5.10. The summed E-state index contributed by atoms with van der Waals surface area (Å²) in [5, 5.41) is 8.24. The van der Waals surface area contributed by atoms with Crippen molar-refractivity contribution < 1.29 is 9.16 Å². The van der Waals surface area contributed by atoms with Crippen LogP contribution in [0, 0.1) is 0 Å². The molecule has 0 unspecified atom stereocenters. The van der Waals surface area contributed by atoms with E-state index in [1.165, 1.54) is 0 Å². The monoisotopic (exact) mass is 422 g/mol. The van der Waals surface area contributed by atoms with Gasteiger partial charge in [0.1, 0.15) is 5.60 Å². The maximum atomic E-state index is 9.62. The van der Waals surface area contributed by atoms with Gasteiger partial charge in [-0.05, 0) is 54.7 Å². The van der Waals surface area contributed by atoms with Crippen LogP contribution in [0.25, 0.3) is 20.9 Å². The van der Waals surface area contributed by atoms with Crippen molar-refractivity contribution in [3.63, 3.8) is 0 Å². The number of nitrogens with zero attached hydrogens (tertiary/aromatic N) is 6. The van der Waals surface area contributed by atoms with Gasteiger partial charge in [-0.1, -0.05) is 70.9 Å². The number of ether oxygens (including phenoxy) is 1. The first-order valence-corrected chi connectivity index (χ1v) is 13.4. The zero-order chi connectivity index (χ0) is 21.7. The number of hydrogen-bond acceptors (Lipinski definition) is 4. The standard InChI is InChI=1S/C21H26N6O2Si/c1-30(2,3)29-20(17-11-6-4-7-12-17,18-13-8-5-9-14-18)21(25-27-23)19(24-26-22)15-10-16-28-21/h4-9,11-14,19H,10,15-16H2,1-3H3/t19-,21+/m0/s1. The second kappa shape index (κ2) is 8.91. The van der Waals surface area contributed by atoms with Crippen molar-refractivity contribution >= 4 is 8.32 Å². The molecule has 1 aliphatic heterocycles. The fourth-order valence-electron chi connectivity index (χ4n) is 4.14. The molecule has 0 aliphatic carbocycles. The van der Waals surface area contributed by atoms with Crippen LogP contribution in [0.1, 0.15) is 24.0 Å². The van der Waals surface area contributed by atoms with Crippen LogP contribution in [0.4, 0.5) is 0 Å². The van der Waals surface area contributed by atoms with Gasteiger partial charge in [-0.15, -0.1) is 0 Å². The molecule has 2 aromatic carbocycles. The molecule has 0 spiro atoms. The highest BCUT2D eigenvalue weighted by atomic mass is 28.4. The van der Waals surface area contributed by atoms with E-state index in [9.17, 15) is 11.1 Å². The van der Waals surface area contributed by atoms with Crippen LogP contribution in [-0.2, 0) is 14.8 Å². The molecule has 0 saturated carbocycles. The number of hydrogen-bond donors (Lipinski definition) is 0. The molecule has 156 valence electrons. The summed E-state index contributed by atoms with van der Waals surface area (Å²) in [4.78, 5) is 6.21. The van der Waals surface area contributed by atoms with Crippen LogP contribution >= 0.6 is 0 Å². The fraction of sp³-hybridized carbons (Fsp3) is 0.429. The zero-order valence-corrected chi connectivity index (χ0v) is 18.5. The van der Waals surface area contributed by atoms with E-state index in [0.29, 0.717) is 19.4 Å². The quantitative estimate of drug-likeness (QED) is 0.226. The Morgan fingerprint density at radius 1 is 1.00 bits per heavy atom. The predicted octanol–water partition coefficient (Wildman–Crippen LogP) is 6.28. The lowest BCUT2D eigenvalue weighted by atomic mass is 9.73. The molecule has 1 saturated heterocycles. The Labute approximate surface area is 177 Å². The number of rotatable bonds is 7. The Hall–Kier alpha value is -2.80. The van der Waals surface area contributed by atoms with Crippen LogP contribution < -0.4 is 0 Å². The molecule has 2 atom stereocenters. The summed E-state index contributed by atoms with van der Waals surface area (Å²) in [7, 11) is -2.27. The Morgan fingerprint density at radius 3 is 2.03 bits per heavy atom. The second-order valence-corrected chi connectivity index (χ2v) is 12.7. The van der Waals surface area contributed by atoms with Crippen LogP contribution in [0.5, 0.6) is 0 Å². The Morgan fingerprint density at radius 2 is 1.57 bits per heavy atom. The minimum absolute atomic E-state index is 0.368. The average Bonchev–Trinajstić information content (AvgIpc) is 2.74. The van der Waals surface area contributed by atoms with Crippen LogP contribution in [0.2, 0.25) is 19.6 Å². The Bertz CT molecular complexity index is 913. The smallest absolute Gasteiger partial charge is 0.191 e. The molecule has 2 aromatic rings. The molecule has 1 fully saturated rings. The third-order valence-corrected chi connectivity index (χ3v) is 6.02. The molecule has 3 rings (SSSR count). The van der Waals surface area contributed by atoms with E-state index in [2.05, 4.69) is 39.7 Å². The van der Waals surface area contributed by atoms with Gasteiger partial charge in [0.25, 0.3) is 0 Å². The van der Waals surface area contributed by atoms with Gasteiger partial charge in [0.05, 0.1) is 6.04 Å². The first-order valence-electron chi connectivity index (χ1n) is 9.95. The van der Waals surface area contributed by atoms with Crippen molar-refractivity contribution in [3.8, 4) is 0 Å². The molecule has 9 heteroatoms. The second-order valence-electron chi connectivity index (χ2n) is 8.22. The summed E-state index contributed by atoms with van der Waals surface area (Å²) in [6.45, 7) is 6.58. The first-order chi connectivity index (χ1) is 14.4. The summed E-state index contributed by atoms with van der Waals surface area (Å²) in [5.74, 6) is 0. The summed E-state index contributed by atoms with van der Waals surface area (Å²) in [6.07, 6.45) is 1.22. The summed E-state index contributed by atoms with van der Waals surface area (Å²) < 4.78 is 13.2. The molecule has 0 bridgehead atoms. The fourth-order valence-corrected chi connectivity index (χ4v) is 5.44. The third kappa shape index (κ3) is 3.94. The van der Waals surface area contributed by atoms with E-state index in [1.54, 1.807) is 0 Å². The van der Waals surface area contributed by atoms with Gasteiger partial charge < -0.3 is 9.16 Å². The molecule has 1 aliphatic rings. The number of azide groups is 2. The van der Waals surface area contributed by atoms with Gasteiger partial charge in [-0.2, -0.15) is 0 Å².